The van der Waals surface area contributed by atoms with Gasteiger partial charge >= 0.3 is 6.03 Å². The number of benzene rings is 1. The molecule has 3 amide bonds. The van der Waals surface area contributed by atoms with E-state index >= 15 is 0 Å². The van der Waals surface area contributed by atoms with Gasteiger partial charge < -0.3 is 15.1 Å². The lowest BCUT2D eigenvalue weighted by Gasteiger charge is -2.45. The SMILES string of the molecule is CCc1ccc(C(=O)N2CCN([C@]3(CC)CCN(C(=O)NC)C3)CC2)cc1. The number of aryl methyl sites for hydroxylation is 1. The molecule has 0 aliphatic carbocycles. The Morgan fingerprint density at radius 1 is 1.00 bits per heavy atom. The van der Waals surface area contributed by atoms with Crippen molar-refractivity contribution in [3.8, 4) is 0 Å². The van der Waals surface area contributed by atoms with E-state index in [1.165, 1.54) is 5.56 Å². The molecule has 2 aliphatic heterocycles. The molecule has 0 unspecified atom stereocenters. The minimum absolute atomic E-state index is 0.00895. The van der Waals surface area contributed by atoms with Gasteiger partial charge in [0.15, 0.2) is 0 Å². The minimum atomic E-state index is 0.00895. The number of carbonyl (C=O) groups is 2. The van der Waals surface area contributed by atoms with Crippen LogP contribution in [0.2, 0.25) is 0 Å². The van der Waals surface area contributed by atoms with Crippen molar-refractivity contribution in [2.75, 3.05) is 46.3 Å². The van der Waals surface area contributed by atoms with E-state index in [9.17, 15) is 9.59 Å². The van der Waals surface area contributed by atoms with E-state index in [-0.39, 0.29) is 17.5 Å². The molecule has 6 nitrogen and oxygen atoms in total. The topological polar surface area (TPSA) is 55.9 Å². The molecule has 6 heteroatoms. The van der Waals surface area contributed by atoms with Crippen LogP contribution >= 0.6 is 0 Å². The van der Waals surface area contributed by atoms with Crippen molar-refractivity contribution < 1.29 is 9.59 Å². The van der Waals surface area contributed by atoms with Crippen LogP contribution in [0.5, 0.6) is 0 Å². The minimum Gasteiger partial charge on any atom is -0.341 e. The first kappa shape index (κ1) is 19.7. The fraction of sp³-hybridized carbons (Fsp3) is 0.619. The molecule has 2 aliphatic rings. The fourth-order valence-corrected chi connectivity index (χ4v) is 4.41. The van der Waals surface area contributed by atoms with E-state index in [0.717, 1.165) is 64.1 Å². The normalized spacial score (nSPS) is 23.5. The predicted octanol–water partition coefficient (Wildman–Crippen LogP) is 2.20. The Hall–Kier alpha value is -2.08. The van der Waals surface area contributed by atoms with Gasteiger partial charge in [-0.2, -0.15) is 0 Å². The monoisotopic (exact) mass is 372 g/mol. The fourth-order valence-electron chi connectivity index (χ4n) is 4.41. The second-order valence-corrected chi connectivity index (χ2v) is 7.63. The third kappa shape index (κ3) is 3.95. The largest absolute Gasteiger partial charge is 0.341 e. The van der Waals surface area contributed by atoms with Crippen LogP contribution in [0.25, 0.3) is 0 Å². The van der Waals surface area contributed by atoms with Crippen LogP contribution in [0.1, 0.15) is 42.6 Å². The Kier molecular flexibility index (Phi) is 6.05. The highest BCUT2D eigenvalue weighted by atomic mass is 16.2. The summed E-state index contributed by atoms with van der Waals surface area (Å²) in [6, 6.07) is 7.98. The third-order valence-corrected chi connectivity index (χ3v) is 6.34. The van der Waals surface area contributed by atoms with E-state index in [4.69, 9.17) is 0 Å². The van der Waals surface area contributed by atoms with Crippen molar-refractivity contribution >= 4 is 11.9 Å². The molecule has 148 valence electrons. The van der Waals surface area contributed by atoms with E-state index in [1.807, 2.05) is 34.1 Å². The zero-order chi connectivity index (χ0) is 19.4. The van der Waals surface area contributed by atoms with Gasteiger partial charge in [-0.05, 0) is 37.0 Å². The zero-order valence-corrected chi connectivity index (χ0v) is 16.8. The first-order valence-electron chi connectivity index (χ1n) is 10.1. The second kappa shape index (κ2) is 8.30. The molecule has 1 aromatic carbocycles. The first-order valence-corrected chi connectivity index (χ1v) is 10.1. The summed E-state index contributed by atoms with van der Waals surface area (Å²) in [5.74, 6) is 0.126. The molecular formula is C21H32N4O2. The lowest BCUT2D eigenvalue weighted by atomic mass is 9.92. The number of urea groups is 1. The van der Waals surface area contributed by atoms with Gasteiger partial charge in [-0.15, -0.1) is 0 Å². The highest BCUT2D eigenvalue weighted by Gasteiger charge is 2.44. The lowest BCUT2D eigenvalue weighted by Crippen LogP contribution is -2.59. The molecule has 1 N–H and O–H groups in total. The number of carbonyl (C=O) groups excluding carboxylic acids is 2. The number of nitrogens with one attached hydrogen (secondary N) is 1. The number of rotatable bonds is 4. The Labute approximate surface area is 162 Å². The number of nitrogens with zero attached hydrogens (tertiary/aromatic N) is 3. The maximum Gasteiger partial charge on any atom is 0.317 e. The van der Waals surface area contributed by atoms with E-state index in [1.54, 1.807) is 7.05 Å². The molecule has 2 heterocycles. The summed E-state index contributed by atoms with van der Waals surface area (Å²) < 4.78 is 0. The van der Waals surface area contributed by atoms with Crippen molar-refractivity contribution in [1.82, 2.24) is 20.0 Å². The summed E-state index contributed by atoms with van der Waals surface area (Å²) in [5.41, 5.74) is 2.07. The summed E-state index contributed by atoms with van der Waals surface area (Å²) in [5, 5.41) is 2.74. The molecule has 0 saturated carbocycles. The van der Waals surface area contributed by atoms with Gasteiger partial charge in [0, 0.05) is 57.4 Å². The highest BCUT2D eigenvalue weighted by Crippen LogP contribution is 2.32. The summed E-state index contributed by atoms with van der Waals surface area (Å²) >= 11 is 0. The van der Waals surface area contributed by atoms with Crippen molar-refractivity contribution in [1.29, 1.82) is 0 Å². The van der Waals surface area contributed by atoms with Crippen molar-refractivity contribution in [3.05, 3.63) is 35.4 Å². The third-order valence-electron chi connectivity index (χ3n) is 6.34. The van der Waals surface area contributed by atoms with Crippen LogP contribution in [-0.2, 0) is 6.42 Å². The standard InChI is InChI=1S/C21H32N4O2/c1-4-17-6-8-18(9-7-17)19(26)23-12-14-25(15-13-23)21(5-2)10-11-24(16-21)20(27)22-3/h6-9H,4-5,10-16H2,1-3H3,(H,22,27)/t21-/m1/s1. The van der Waals surface area contributed by atoms with Gasteiger partial charge in [0.25, 0.3) is 5.91 Å². The number of amides is 3. The van der Waals surface area contributed by atoms with Crippen molar-refractivity contribution in [3.63, 3.8) is 0 Å². The van der Waals surface area contributed by atoms with E-state index in [2.05, 4.69) is 24.1 Å². The molecule has 3 rings (SSSR count). The summed E-state index contributed by atoms with van der Waals surface area (Å²) in [4.78, 5) is 31.2. The van der Waals surface area contributed by atoms with Gasteiger partial charge in [0.1, 0.15) is 0 Å². The Morgan fingerprint density at radius 3 is 2.22 bits per heavy atom. The first-order chi connectivity index (χ1) is 13.0. The summed E-state index contributed by atoms with van der Waals surface area (Å²) in [6.45, 7) is 9.13. The van der Waals surface area contributed by atoms with Crippen molar-refractivity contribution in [2.45, 2.75) is 38.6 Å². The average molecular weight is 373 g/mol. The van der Waals surface area contributed by atoms with Crippen LogP contribution in [0.3, 0.4) is 0 Å². The highest BCUT2D eigenvalue weighted by molar-refractivity contribution is 5.94. The molecule has 1 aromatic rings. The molecule has 0 aromatic heterocycles. The number of piperazine rings is 1. The van der Waals surface area contributed by atoms with Crippen LogP contribution < -0.4 is 5.32 Å². The van der Waals surface area contributed by atoms with Crippen LogP contribution in [0, 0.1) is 0 Å². The molecular weight excluding hydrogens is 340 g/mol. The zero-order valence-electron chi connectivity index (χ0n) is 16.8. The molecule has 2 fully saturated rings. The van der Waals surface area contributed by atoms with Crippen LogP contribution in [0.4, 0.5) is 4.79 Å². The molecule has 1 atom stereocenters. The predicted molar refractivity (Wildman–Crippen MR) is 107 cm³/mol. The quantitative estimate of drug-likeness (QED) is 0.882. The Morgan fingerprint density at radius 2 is 1.67 bits per heavy atom. The number of hydrogen-bond acceptors (Lipinski definition) is 3. The van der Waals surface area contributed by atoms with Gasteiger partial charge in [-0.3, -0.25) is 9.69 Å². The van der Waals surface area contributed by atoms with Gasteiger partial charge in [0.05, 0.1) is 0 Å². The van der Waals surface area contributed by atoms with Crippen LogP contribution in [-0.4, -0.2) is 78.5 Å². The maximum absolute atomic E-state index is 12.8. The number of likely N-dealkylation sites (tertiary alicyclic amines) is 1. The lowest BCUT2D eigenvalue weighted by molar-refractivity contribution is 0.0301. The molecule has 0 radical (unpaired) electrons. The van der Waals surface area contributed by atoms with E-state index < -0.39 is 0 Å². The average Bonchev–Trinajstić information content (AvgIpc) is 3.19. The smallest absolute Gasteiger partial charge is 0.317 e. The Balaban J connectivity index is 1.60. The number of hydrogen-bond donors (Lipinski definition) is 1. The molecule has 0 spiro atoms. The van der Waals surface area contributed by atoms with E-state index in [0.29, 0.717) is 0 Å². The van der Waals surface area contributed by atoms with Crippen molar-refractivity contribution in [2.24, 2.45) is 0 Å². The second-order valence-electron chi connectivity index (χ2n) is 7.63. The van der Waals surface area contributed by atoms with Gasteiger partial charge in [-0.1, -0.05) is 26.0 Å². The molecule has 0 bridgehead atoms. The van der Waals surface area contributed by atoms with Gasteiger partial charge in [-0.25, -0.2) is 4.79 Å². The summed E-state index contributed by atoms with van der Waals surface area (Å²) in [6.07, 6.45) is 3.01. The summed E-state index contributed by atoms with van der Waals surface area (Å²) in [7, 11) is 1.69. The Bertz CT molecular complexity index is 667. The maximum atomic E-state index is 12.8. The van der Waals surface area contributed by atoms with Crippen LogP contribution in [0.15, 0.2) is 24.3 Å². The molecule has 27 heavy (non-hydrogen) atoms. The van der Waals surface area contributed by atoms with Gasteiger partial charge in [0.2, 0.25) is 0 Å². The molecule has 2 saturated heterocycles.